The lowest BCUT2D eigenvalue weighted by Crippen LogP contribution is -2.20. The summed E-state index contributed by atoms with van der Waals surface area (Å²) in [6, 6.07) is 133. The molecule has 4 heteroatoms. The topological polar surface area (TPSA) is 51.6 Å². The molecule has 14 aromatic carbocycles. The van der Waals surface area contributed by atoms with Crippen LogP contribution in [0.5, 0.6) is 0 Å². The molecule has 0 atom stereocenters. The van der Waals surface area contributed by atoms with E-state index in [0.717, 1.165) is 146 Å². The van der Waals surface area contributed by atoms with Crippen molar-refractivity contribution in [1.82, 2.24) is 19.9 Å². The second-order valence-electron chi connectivity index (χ2n) is 28.9. The van der Waals surface area contributed by atoms with Gasteiger partial charge in [0, 0.05) is 27.8 Å². The van der Waals surface area contributed by atoms with Crippen LogP contribution in [0.3, 0.4) is 0 Å². The van der Waals surface area contributed by atoms with E-state index >= 15 is 0 Å². The Labute approximate surface area is 611 Å². The molecule has 0 saturated carbocycles. The summed E-state index contributed by atoms with van der Waals surface area (Å²) < 4.78 is 0. The highest BCUT2D eigenvalue weighted by Crippen LogP contribution is 2.42. The van der Waals surface area contributed by atoms with Gasteiger partial charge in [-0.2, -0.15) is 0 Å². The van der Waals surface area contributed by atoms with Crippen LogP contribution in [0.2, 0.25) is 0 Å². The van der Waals surface area contributed by atoms with Gasteiger partial charge in [-0.15, -0.1) is 0 Å². The molecule has 0 aliphatic rings. The Hall–Kier alpha value is -12.8. The summed E-state index contributed by atoms with van der Waals surface area (Å²) in [5.41, 5.74) is 30.1. The maximum Gasteiger partial charge on any atom is 0.164 e. The lowest BCUT2D eigenvalue weighted by Gasteiger charge is -2.26. The van der Waals surface area contributed by atoms with Crippen molar-refractivity contribution in [1.29, 1.82) is 0 Å². The maximum absolute atomic E-state index is 5.68. The Bertz CT molecular complexity index is 5380. The Morgan fingerprint density at radius 3 is 0.740 bits per heavy atom. The molecule has 2 heterocycles. The minimum absolute atomic E-state index is 0.0158. The van der Waals surface area contributed by atoms with Gasteiger partial charge in [-0.05, 0) is 225 Å². The molecule has 4 nitrogen and oxygen atoms in total. The first kappa shape index (κ1) is 65.8. The highest BCUT2D eigenvalue weighted by molar-refractivity contribution is 5.88. The number of hydrogen-bond donors (Lipinski definition) is 0. The van der Waals surface area contributed by atoms with Crippen molar-refractivity contribution in [3.05, 3.63) is 387 Å². The fourth-order valence-electron chi connectivity index (χ4n) is 14.2. The van der Waals surface area contributed by atoms with Gasteiger partial charge in [0.25, 0.3) is 0 Å². The molecule has 0 aliphatic heterocycles. The smallest absolute Gasteiger partial charge is 0.164 e. The largest absolute Gasteiger partial charge is 0.248 e. The summed E-state index contributed by atoms with van der Waals surface area (Å²) in [4.78, 5) is 22.1. The van der Waals surface area contributed by atoms with E-state index in [2.05, 4.69) is 405 Å². The minimum atomic E-state index is -0.302. The fourth-order valence-corrected chi connectivity index (χ4v) is 14.2. The van der Waals surface area contributed by atoms with Gasteiger partial charge >= 0.3 is 0 Å². The van der Waals surface area contributed by atoms with Gasteiger partial charge in [-0.1, -0.05) is 314 Å². The van der Waals surface area contributed by atoms with Gasteiger partial charge in [-0.25, -0.2) is 19.9 Å². The van der Waals surface area contributed by atoms with Gasteiger partial charge in [0.05, 0.1) is 11.4 Å². The second-order valence-corrected chi connectivity index (χ2v) is 28.9. The van der Waals surface area contributed by atoms with Gasteiger partial charge < -0.3 is 0 Å². The van der Waals surface area contributed by atoms with Crippen LogP contribution < -0.4 is 0 Å². The predicted octanol–water partition coefficient (Wildman–Crippen LogP) is 26.4. The van der Waals surface area contributed by atoms with Crippen LogP contribution in [0.4, 0.5) is 0 Å². The molecule has 16 rings (SSSR count). The third-order valence-electron chi connectivity index (χ3n) is 20.0. The normalized spacial score (nSPS) is 11.5. The molecule has 0 spiro atoms. The zero-order valence-electron chi connectivity index (χ0n) is 59.2. The molecule has 0 bridgehead atoms. The van der Waals surface area contributed by atoms with Crippen molar-refractivity contribution in [3.8, 4) is 157 Å². The maximum atomic E-state index is 5.68. The summed E-state index contributed by atoms with van der Waals surface area (Å²) >= 11 is 0. The highest BCUT2D eigenvalue weighted by Gasteiger charge is 2.25. The molecule has 0 aliphatic carbocycles. The summed E-state index contributed by atoms with van der Waals surface area (Å²) in [5, 5.41) is 0. The molecule has 2 aromatic heterocycles. The molecule has 0 saturated heterocycles. The predicted molar refractivity (Wildman–Crippen MR) is 436 cm³/mol. The van der Waals surface area contributed by atoms with Crippen molar-refractivity contribution in [2.45, 2.75) is 51.9 Å². The first-order valence-corrected chi connectivity index (χ1v) is 35.9. The van der Waals surface area contributed by atoms with Crippen LogP contribution in [-0.2, 0) is 17.3 Å². The number of nitrogens with zero attached hydrogens (tertiary/aromatic N) is 4. The third kappa shape index (κ3) is 14.6. The van der Waals surface area contributed by atoms with E-state index in [1.54, 1.807) is 0 Å². The van der Waals surface area contributed by atoms with Crippen LogP contribution in [0.25, 0.3) is 157 Å². The molecule has 0 amide bonds. The minimum Gasteiger partial charge on any atom is -0.248 e. The third-order valence-corrected chi connectivity index (χ3v) is 20.0. The Morgan fingerprint density at radius 2 is 0.433 bits per heavy atom. The monoisotopic (exact) mass is 1330 g/mol. The van der Waals surface area contributed by atoms with Gasteiger partial charge in [0.15, 0.2) is 17.5 Å². The molecule has 0 unspecified atom stereocenters. The van der Waals surface area contributed by atoms with E-state index in [0.29, 0.717) is 17.5 Å². The van der Waals surface area contributed by atoms with E-state index < -0.39 is 0 Å². The molecule has 498 valence electrons. The standard InChI is InChI=1S/C100H78N4/c1-99(2,3)92-50-48-77(49-51-92)87-65-94(88-56-79(69-28-13-6-14-29-69)52-80(57-88)70-30-15-7-16-31-70)101-95(66-87)89-58-81(71-32-17-8-18-33-71)53-82(59-89)76-46-44-68(45-47-76)67-100(4,5)93-43-27-42-78(64-93)96-102-97(90-60-83(72-34-19-9-20-35-72)54-84(61-90)73-36-21-10-22-37-73)104-98(103-96)91-62-85(74-38-23-11-24-39-74)55-86(63-91)75-40-25-12-26-41-75/h6-66H,67H2,1-5H3. The molecule has 0 N–H and O–H groups in total. The lowest BCUT2D eigenvalue weighted by molar-refractivity contribution is 0.522. The van der Waals surface area contributed by atoms with Gasteiger partial charge in [0.2, 0.25) is 0 Å². The van der Waals surface area contributed by atoms with Crippen molar-refractivity contribution in [3.63, 3.8) is 0 Å². The van der Waals surface area contributed by atoms with E-state index in [1.807, 2.05) is 0 Å². The number of pyridine rings is 1. The second kappa shape index (κ2) is 28.7. The average molecular weight is 1340 g/mol. The van der Waals surface area contributed by atoms with E-state index in [9.17, 15) is 0 Å². The first-order chi connectivity index (χ1) is 50.8. The fraction of sp³-hybridized carbons (Fsp3) is 0.0800. The quantitative estimate of drug-likeness (QED) is 0.0912. The molecule has 0 fully saturated rings. The summed E-state index contributed by atoms with van der Waals surface area (Å²) in [7, 11) is 0. The lowest BCUT2D eigenvalue weighted by atomic mass is 9.78. The van der Waals surface area contributed by atoms with Crippen molar-refractivity contribution in [2.75, 3.05) is 0 Å². The molecule has 16 aromatic rings. The zero-order chi connectivity index (χ0) is 70.6. The molecular weight excluding hydrogens is 1260 g/mol. The van der Waals surface area contributed by atoms with Crippen molar-refractivity contribution >= 4 is 0 Å². The van der Waals surface area contributed by atoms with Gasteiger partial charge in [0.1, 0.15) is 0 Å². The zero-order valence-corrected chi connectivity index (χ0v) is 59.2. The van der Waals surface area contributed by atoms with Crippen LogP contribution in [0, 0.1) is 0 Å². The molecule has 0 radical (unpaired) electrons. The summed E-state index contributed by atoms with van der Waals surface area (Å²) in [6.07, 6.45) is 0.788. The SMILES string of the molecule is CC(C)(C)c1ccc(-c2cc(-c3cc(-c4ccccc4)cc(-c4ccccc4)c3)nc(-c3cc(-c4ccccc4)cc(-c4ccc(CC(C)(C)c5cccc(-c6nc(-c7cc(-c8ccccc8)cc(-c8ccccc8)c7)nc(-c7cc(-c8ccccc8)cc(-c8ccccc8)c7)n6)c5)cc4)c3)c2)cc1. The Kier molecular flexibility index (Phi) is 18.2. The van der Waals surface area contributed by atoms with Gasteiger partial charge in [-0.3, -0.25) is 0 Å². The number of hydrogen-bond acceptors (Lipinski definition) is 4. The molecular formula is C100H78N4. The summed E-state index contributed by atoms with van der Waals surface area (Å²) in [6.45, 7) is 11.5. The van der Waals surface area contributed by atoms with E-state index in [4.69, 9.17) is 19.9 Å². The van der Waals surface area contributed by atoms with Crippen LogP contribution >= 0.6 is 0 Å². The van der Waals surface area contributed by atoms with Crippen molar-refractivity contribution in [2.24, 2.45) is 0 Å². The first-order valence-electron chi connectivity index (χ1n) is 35.9. The number of aromatic nitrogens is 4. The van der Waals surface area contributed by atoms with E-state index in [1.165, 1.54) is 16.7 Å². The van der Waals surface area contributed by atoms with Crippen LogP contribution in [0.15, 0.2) is 370 Å². The van der Waals surface area contributed by atoms with Crippen LogP contribution in [-0.4, -0.2) is 19.9 Å². The number of benzene rings is 14. The van der Waals surface area contributed by atoms with Crippen LogP contribution in [0.1, 0.15) is 51.3 Å². The summed E-state index contributed by atoms with van der Waals surface area (Å²) in [5.74, 6) is 1.79. The number of rotatable bonds is 17. The molecule has 104 heavy (non-hydrogen) atoms. The van der Waals surface area contributed by atoms with Crippen molar-refractivity contribution < 1.29 is 0 Å². The Morgan fingerprint density at radius 1 is 0.183 bits per heavy atom. The van der Waals surface area contributed by atoms with E-state index in [-0.39, 0.29) is 10.8 Å². The average Bonchev–Trinajstić information content (AvgIpc) is 0.781. The Balaban J connectivity index is 0.771. The highest BCUT2D eigenvalue weighted by atomic mass is 15.0.